The van der Waals surface area contributed by atoms with Crippen molar-refractivity contribution in [2.45, 2.75) is 18.8 Å². The predicted octanol–water partition coefficient (Wildman–Crippen LogP) is 3.25. The van der Waals surface area contributed by atoms with Gasteiger partial charge in [0.25, 0.3) is 0 Å². The van der Waals surface area contributed by atoms with E-state index in [1.807, 2.05) is 17.0 Å². The van der Waals surface area contributed by atoms with E-state index in [0.717, 1.165) is 18.4 Å². The molecular formula is C16H19ClN4O2. The van der Waals surface area contributed by atoms with Gasteiger partial charge in [-0.3, -0.25) is 0 Å². The Balaban J connectivity index is 1.66. The fourth-order valence-electron chi connectivity index (χ4n) is 2.72. The number of amides is 2. The molecule has 1 aliphatic rings. The number of halogens is 1. The molecule has 0 N–H and O–H groups in total. The largest absolute Gasteiger partial charge is 0.339 e. The Morgan fingerprint density at radius 1 is 1.26 bits per heavy atom. The molecule has 1 fully saturated rings. The van der Waals surface area contributed by atoms with E-state index in [2.05, 4.69) is 10.1 Å². The second-order valence-electron chi connectivity index (χ2n) is 5.90. The maximum atomic E-state index is 11.9. The molecule has 1 saturated heterocycles. The molecule has 1 aliphatic heterocycles. The number of hydrogen-bond acceptors (Lipinski definition) is 4. The first-order chi connectivity index (χ1) is 11.0. The van der Waals surface area contributed by atoms with Gasteiger partial charge in [0.05, 0.1) is 0 Å². The smallest absolute Gasteiger partial charge is 0.319 e. The van der Waals surface area contributed by atoms with Gasteiger partial charge in [0.2, 0.25) is 11.7 Å². The Morgan fingerprint density at radius 3 is 2.52 bits per heavy atom. The molecule has 122 valence electrons. The Hall–Kier alpha value is -2.08. The van der Waals surface area contributed by atoms with Gasteiger partial charge < -0.3 is 14.3 Å². The summed E-state index contributed by atoms with van der Waals surface area (Å²) in [5, 5.41) is 4.73. The molecule has 0 aliphatic carbocycles. The Bertz CT molecular complexity index is 676. The minimum Gasteiger partial charge on any atom is -0.339 e. The van der Waals surface area contributed by atoms with E-state index in [0.29, 0.717) is 29.8 Å². The third kappa shape index (κ3) is 3.47. The number of piperidine rings is 1. The maximum Gasteiger partial charge on any atom is 0.319 e. The Labute approximate surface area is 140 Å². The fraction of sp³-hybridized carbons (Fsp3) is 0.438. The second kappa shape index (κ2) is 6.58. The van der Waals surface area contributed by atoms with Crippen LogP contribution in [0.15, 0.2) is 28.8 Å². The molecule has 6 nitrogen and oxygen atoms in total. The summed E-state index contributed by atoms with van der Waals surface area (Å²) in [5.41, 5.74) is 0.879. The summed E-state index contributed by atoms with van der Waals surface area (Å²) in [6.45, 7) is 1.42. The normalized spacial score (nSPS) is 15.7. The van der Waals surface area contributed by atoms with Gasteiger partial charge in [0.1, 0.15) is 0 Å². The summed E-state index contributed by atoms with van der Waals surface area (Å²) in [5.74, 6) is 1.42. The molecular weight excluding hydrogens is 316 g/mol. The van der Waals surface area contributed by atoms with E-state index in [1.54, 1.807) is 31.1 Å². The van der Waals surface area contributed by atoms with Crippen molar-refractivity contribution in [2.24, 2.45) is 0 Å². The summed E-state index contributed by atoms with van der Waals surface area (Å²) in [7, 11) is 3.54. The van der Waals surface area contributed by atoms with Crippen LogP contribution in [0.5, 0.6) is 0 Å². The van der Waals surface area contributed by atoms with Gasteiger partial charge in [-0.1, -0.05) is 16.8 Å². The first-order valence-electron chi connectivity index (χ1n) is 7.60. The molecule has 1 aromatic carbocycles. The third-order valence-electron chi connectivity index (χ3n) is 4.04. The lowest BCUT2D eigenvalue weighted by Gasteiger charge is -2.32. The molecule has 7 heteroatoms. The zero-order valence-electron chi connectivity index (χ0n) is 13.2. The molecule has 0 radical (unpaired) electrons. The van der Waals surface area contributed by atoms with Crippen LogP contribution in [0.4, 0.5) is 4.79 Å². The van der Waals surface area contributed by atoms with Crippen LogP contribution in [0.2, 0.25) is 5.02 Å². The van der Waals surface area contributed by atoms with E-state index in [9.17, 15) is 4.79 Å². The van der Waals surface area contributed by atoms with Crippen LogP contribution in [0.1, 0.15) is 24.7 Å². The van der Waals surface area contributed by atoms with Crippen LogP contribution in [0.25, 0.3) is 11.4 Å². The molecule has 0 bridgehead atoms. The number of rotatable bonds is 2. The number of hydrogen-bond donors (Lipinski definition) is 0. The van der Waals surface area contributed by atoms with Crippen LogP contribution in [0, 0.1) is 0 Å². The highest BCUT2D eigenvalue weighted by molar-refractivity contribution is 6.30. The van der Waals surface area contributed by atoms with Gasteiger partial charge in [0, 0.05) is 43.7 Å². The molecule has 23 heavy (non-hydrogen) atoms. The minimum absolute atomic E-state index is 0.0517. The zero-order valence-corrected chi connectivity index (χ0v) is 14.0. The lowest BCUT2D eigenvalue weighted by Crippen LogP contribution is -2.43. The van der Waals surface area contributed by atoms with Gasteiger partial charge in [-0.25, -0.2) is 4.79 Å². The number of nitrogens with zero attached hydrogens (tertiary/aromatic N) is 4. The van der Waals surface area contributed by atoms with Crippen LogP contribution in [-0.4, -0.2) is 53.2 Å². The standard InChI is InChI=1S/C16H19ClN4O2/c1-20(2)16(22)21-9-7-12(8-10-21)15-18-14(19-23-15)11-3-5-13(17)6-4-11/h3-6,12H,7-10H2,1-2H3. The fourth-order valence-corrected chi connectivity index (χ4v) is 2.84. The van der Waals surface area contributed by atoms with E-state index < -0.39 is 0 Å². The highest BCUT2D eigenvalue weighted by atomic mass is 35.5. The summed E-state index contributed by atoms with van der Waals surface area (Å²) >= 11 is 5.89. The lowest BCUT2D eigenvalue weighted by molar-refractivity contribution is 0.152. The molecule has 2 heterocycles. The van der Waals surface area contributed by atoms with Crippen LogP contribution in [-0.2, 0) is 0 Å². The summed E-state index contributed by atoms with van der Waals surface area (Å²) in [4.78, 5) is 19.9. The topological polar surface area (TPSA) is 62.5 Å². The number of carbonyl (C=O) groups excluding carboxylic acids is 1. The minimum atomic E-state index is 0.0517. The summed E-state index contributed by atoms with van der Waals surface area (Å²) in [6.07, 6.45) is 1.67. The molecule has 3 rings (SSSR count). The SMILES string of the molecule is CN(C)C(=O)N1CCC(c2nc(-c3ccc(Cl)cc3)no2)CC1. The molecule has 2 aromatic rings. The Kier molecular flexibility index (Phi) is 4.52. The second-order valence-corrected chi connectivity index (χ2v) is 6.34. The summed E-state index contributed by atoms with van der Waals surface area (Å²) in [6, 6.07) is 7.40. The van der Waals surface area contributed by atoms with E-state index in [4.69, 9.17) is 16.1 Å². The maximum absolute atomic E-state index is 11.9. The van der Waals surface area contributed by atoms with Crippen LogP contribution >= 0.6 is 11.6 Å². The van der Waals surface area contributed by atoms with Gasteiger partial charge in [0.15, 0.2) is 0 Å². The number of urea groups is 1. The molecule has 0 atom stereocenters. The van der Waals surface area contributed by atoms with Gasteiger partial charge in [-0.15, -0.1) is 0 Å². The van der Waals surface area contributed by atoms with Crippen molar-refractivity contribution in [2.75, 3.05) is 27.2 Å². The van der Waals surface area contributed by atoms with Crippen LogP contribution in [0.3, 0.4) is 0 Å². The molecule has 0 unspecified atom stereocenters. The first kappa shape index (κ1) is 15.8. The summed E-state index contributed by atoms with van der Waals surface area (Å²) < 4.78 is 5.42. The van der Waals surface area contributed by atoms with Crippen molar-refractivity contribution in [3.63, 3.8) is 0 Å². The molecule has 0 spiro atoms. The number of likely N-dealkylation sites (tertiary alicyclic amines) is 1. The first-order valence-corrected chi connectivity index (χ1v) is 7.98. The average Bonchev–Trinajstić information content (AvgIpc) is 3.05. The van der Waals surface area contributed by atoms with Crippen molar-refractivity contribution >= 4 is 17.6 Å². The van der Waals surface area contributed by atoms with Gasteiger partial charge in [-0.2, -0.15) is 4.98 Å². The quantitative estimate of drug-likeness (QED) is 0.845. The third-order valence-corrected chi connectivity index (χ3v) is 4.29. The highest BCUT2D eigenvalue weighted by Gasteiger charge is 2.28. The lowest BCUT2D eigenvalue weighted by atomic mass is 9.97. The number of benzene rings is 1. The zero-order chi connectivity index (χ0) is 16.4. The van der Waals surface area contributed by atoms with Crippen LogP contribution < -0.4 is 0 Å². The number of aromatic nitrogens is 2. The number of carbonyl (C=O) groups is 1. The molecule has 0 saturated carbocycles. The average molecular weight is 335 g/mol. The highest BCUT2D eigenvalue weighted by Crippen LogP contribution is 2.29. The van der Waals surface area contributed by atoms with Gasteiger partial charge in [-0.05, 0) is 37.1 Å². The monoisotopic (exact) mass is 334 g/mol. The van der Waals surface area contributed by atoms with Crippen molar-refractivity contribution < 1.29 is 9.32 Å². The van der Waals surface area contributed by atoms with Crippen molar-refractivity contribution in [3.8, 4) is 11.4 Å². The Morgan fingerprint density at radius 2 is 1.91 bits per heavy atom. The van der Waals surface area contributed by atoms with Gasteiger partial charge >= 0.3 is 6.03 Å². The molecule has 1 aromatic heterocycles. The van der Waals surface area contributed by atoms with E-state index in [1.165, 1.54) is 0 Å². The predicted molar refractivity (Wildman–Crippen MR) is 87.4 cm³/mol. The molecule has 2 amide bonds. The van der Waals surface area contributed by atoms with E-state index in [-0.39, 0.29) is 11.9 Å². The van der Waals surface area contributed by atoms with Crippen molar-refractivity contribution in [1.82, 2.24) is 19.9 Å². The van der Waals surface area contributed by atoms with Crippen molar-refractivity contribution in [3.05, 3.63) is 35.2 Å². The van der Waals surface area contributed by atoms with E-state index >= 15 is 0 Å². The van der Waals surface area contributed by atoms with Crippen molar-refractivity contribution in [1.29, 1.82) is 0 Å².